The van der Waals surface area contributed by atoms with Crippen LogP contribution in [0.5, 0.6) is 5.88 Å². The molecule has 0 saturated carbocycles. The zero-order valence-corrected chi connectivity index (χ0v) is 14.2. The van der Waals surface area contributed by atoms with Crippen molar-refractivity contribution in [1.29, 1.82) is 0 Å². The van der Waals surface area contributed by atoms with Crippen molar-refractivity contribution in [2.75, 3.05) is 13.1 Å². The Bertz CT molecular complexity index is 901. The molecule has 0 bridgehead atoms. The average Bonchev–Trinajstić information content (AvgIpc) is 2.57. The van der Waals surface area contributed by atoms with Gasteiger partial charge in [-0.2, -0.15) is 13.2 Å². The Morgan fingerprint density at radius 2 is 2.00 bits per heavy atom. The summed E-state index contributed by atoms with van der Waals surface area (Å²) in [5.74, 6) is -0.657. The molecule has 1 aromatic carbocycles. The van der Waals surface area contributed by atoms with E-state index in [-0.39, 0.29) is 35.2 Å². The highest BCUT2D eigenvalue weighted by Crippen LogP contribution is 2.31. The van der Waals surface area contributed by atoms with Crippen LogP contribution in [0.1, 0.15) is 15.9 Å². The Morgan fingerprint density at radius 1 is 1.30 bits per heavy atom. The molecule has 7 nitrogen and oxygen atoms in total. The molecule has 0 radical (unpaired) electrons. The van der Waals surface area contributed by atoms with E-state index >= 15 is 0 Å². The van der Waals surface area contributed by atoms with Gasteiger partial charge in [0, 0.05) is 23.9 Å². The van der Waals surface area contributed by atoms with Gasteiger partial charge in [-0.3, -0.25) is 14.9 Å². The largest absolute Gasteiger partial charge is 0.471 e. The van der Waals surface area contributed by atoms with Crippen molar-refractivity contribution in [2.45, 2.75) is 12.3 Å². The molecule has 1 aromatic heterocycles. The highest BCUT2D eigenvalue weighted by molar-refractivity contribution is 6.32. The summed E-state index contributed by atoms with van der Waals surface area (Å²) in [5, 5.41) is 10.8. The van der Waals surface area contributed by atoms with E-state index < -0.39 is 28.7 Å². The zero-order chi connectivity index (χ0) is 19.8. The maximum Gasteiger partial charge on any atom is 0.416 e. The van der Waals surface area contributed by atoms with Crippen LogP contribution in [-0.4, -0.2) is 39.9 Å². The molecule has 1 fully saturated rings. The molecule has 27 heavy (non-hydrogen) atoms. The Morgan fingerprint density at radius 3 is 2.63 bits per heavy atom. The zero-order valence-electron chi connectivity index (χ0n) is 13.4. The molecule has 0 aliphatic carbocycles. The van der Waals surface area contributed by atoms with Crippen molar-refractivity contribution in [3.8, 4) is 5.88 Å². The minimum atomic E-state index is -4.51. The van der Waals surface area contributed by atoms with Gasteiger partial charge in [0.25, 0.3) is 11.6 Å². The quantitative estimate of drug-likeness (QED) is 0.577. The summed E-state index contributed by atoms with van der Waals surface area (Å²) < 4.78 is 43.4. The smallest absolute Gasteiger partial charge is 0.416 e. The number of likely N-dealkylation sites (tertiary alicyclic amines) is 1. The molecule has 1 aliphatic rings. The molecule has 0 atom stereocenters. The third kappa shape index (κ3) is 4.11. The molecule has 1 saturated heterocycles. The number of pyridine rings is 1. The van der Waals surface area contributed by atoms with Gasteiger partial charge in [0.05, 0.1) is 23.6 Å². The van der Waals surface area contributed by atoms with Gasteiger partial charge in [-0.25, -0.2) is 4.98 Å². The monoisotopic (exact) mass is 401 g/mol. The van der Waals surface area contributed by atoms with Gasteiger partial charge in [0.15, 0.2) is 0 Å². The van der Waals surface area contributed by atoms with Gasteiger partial charge in [-0.1, -0.05) is 11.6 Å². The minimum absolute atomic E-state index is 0.0849. The lowest BCUT2D eigenvalue weighted by atomic mass is 10.1. The molecule has 0 unspecified atom stereocenters. The van der Waals surface area contributed by atoms with Crippen LogP contribution in [0.15, 0.2) is 36.5 Å². The van der Waals surface area contributed by atoms with Crippen molar-refractivity contribution in [2.24, 2.45) is 0 Å². The number of alkyl halides is 3. The van der Waals surface area contributed by atoms with E-state index in [0.717, 1.165) is 24.4 Å². The summed E-state index contributed by atoms with van der Waals surface area (Å²) in [6.45, 7) is 0.236. The summed E-state index contributed by atoms with van der Waals surface area (Å²) in [6.07, 6.45) is -4.04. The van der Waals surface area contributed by atoms with E-state index in [9.17, 15) is 28.1 Å². The van der Waals surface area contributed by atoms with Crippen molar-refractivity contribution in [3.63, 3.8) is 0 Å². The molecule has 1 aliphatic heterocycles. The molecular formula is C16H11ClF3N3O4. The van der Waals surface area contributed by atoms with Crippen LogP contribution < -0.4 is 4.74 Å². The molecule has 0 N–H and O–H groups in total. The van der Waals surface area contributed by atoms with E-state index in [0.29, 0.717) is 0 Å². The fourth-order valence-corrected chi connectivity index (χ4v) is 2.65. The van der Waals surface area contributed by atoms with E-state index in [1.54, 1.807) is 0 Å². The molecule has 3 rings (SSSR count). The molecule has 11 heteroatoms. The van der Waals surface area contributed by atoms with Gasteiger partial charge in [-0.05, 0) is 18.2 Å². The number of nitrogens with zero attached hydrogens (tertiary/aromatic N) is 3. The van der Waals surface area contributed by atoms with Gasteiger partial charge in [-0.15, -0.1) is 0 Å². The first-order chi connectivity index (χ1) is 12.6. The second-order valence-corrected chi connectivity index (χ2v) is 6.16. The Hall–Kier alpha value is -2.88. The van der Waals surface area contributed by atoms with Crippen molar-refractivity contribution in [3.05, 3.63) is 62.8 Å². The number of hydrogen-bond acceptors (Lipinski definition) is 5. The van der Waals surface area contributed by atoms with Gasteiger partial charge in [0.2, 0.25) is 5.88 Å². The Balaban J connectivity index is 1.62. The van der Waals surface area contributed by atoms with Gasteiger partial charge in [0.1, 0.15) is 11.1 Å². The number of halogens is 4. The highest BCUT2D eigenvalue weighted by atomic mass is 35.5. The van der Waals surface area contributed by atoms with Crippen molar-refractivity contribution < 1.29 is 27.6 Å². The van der Waals surface area contributed by atoms with Crippen LogP contribution in [-0.2, 0) is 6.18 Å². The third-order valence-electron chi connectivity index (χ3n) is 3.87. The first-order valence-corrected chi connectivity index (χ1v) is 7.96. The van der Waals surface area contributed by atoms with E-state index in [2.05, 4.69) is 4.98 Å². The first kappa shape index (κ1) is 18.9. The number of amides is 1. The van der Waals surface area contributed by atoms with Gasteiger partial charge >= 0.3 is 6.18 Å². The van der Waals surface area contributed by atoms with E-state index in [4.69, 9.17) is 16.3 Å². The number of ether oxygens (including phenoxy) is 1. The maximum absolute atomic E-state index is 12.7. The number of hydrogen-bond donors (Lipinski definition) is 0. The van der Waals surface area contributed by atoms with E-state index in [1.807, 2.05) is 0 Å². The number of nitro benzene ring substituents is 1. The Labute approximate surface area is 155 Å². The molecular weight excluding hydrogens is 391 g/mol. The first-order valence-electron chi connectivity index (χ1n) is 7.58. The summed E-state index contributed by atoms with van der Waals surface area (Å²) in [7, 11) is 0. The lowest BCUT2D eigenvalue weighted by molar-refractivity contribution is -0.384. The predicted molar refractivity (Wildman–Crippen MR) is 87.7 cm³/mol. The van der Waals surface area contributed by atoms with E-state index in [1.165, 1.54) is 17.0 Å². The lowest BCUT2D eigenvalue weighted by Crippen LogP contribution is -2.56. The summed E-state index contributed by atoms with van der Waals surface area (Å²) in [4.78, 5) is 27.6. The topological polar surface area (TPSA) is 85.6 Å². The second-order valence-electron chi connectivity index (χ2n) is 5.75. The summed E-state index contributed by atoms with van der Waals surface area (Å²) in [6, 6.07) is 5.31. The fourth-order valence-electron chi connectivity index (χ4n) is 2.47. The van der Waals surface area contributed by atoms with Crippen LogP contribution in [0.2, 0.25) is 5.02 Å². The third-order valence-corrected chi connectivity index (χ3v) is 4.19. The maximum atomic E-state index is 12.7. The molecule has 142 valence electrons. The van der Waals surface area contributed by atoms with Gasteiger partial charge < -0.3 is 9.64 Å². The number of aromatic nitrogens is 1. The fraction of sp³-hybridized carbons (Fsp3) is 0.250. The van der Waals surface area contributed by atoms with Crippen LogP contribution in [0.25, 0.3) is 0 Å². The second kappa shape index (κ2) is 7.03. The highest BCUT2D eigenvalue weighted by Gasteiger charge is 2.35. The Kier molecular flexibility index (Phi) is 4.92. The minimum Gasteiger partial charge on any atom is -0.471 e. The van der Waals surface area contributed by atoms with Crippen LogP contribution in [0.3, 0.4) is 0 Å². The number of nitro groups is 1. The molecule has 2 heterocycles. The lowest BCUT2D eigenvalue weighted by Gasteiger charge is -2.38. The standard InChI is InChI=1S/C16H11ClF3N3O4/c17-12-2-1-9(5-13(12)23(25)26)15(24)22-7-11(8-22)27-14-6-10(3-4-21-14)16(18,19)20/h1-6,11H,7-8H2. The van der Waals surface area contributed by atoms with Crippen LogP contribution in [0.4, 0.5) is 18.9 Å². The molecule has 2 aromatic rings. The molecule has 0 spiro atoms. The average molecular weight is 402 g/mol. The van der Waals surface area contributed by atoms with Crippen molar-refractivity contribution >= 4 is 23.2 Å². The summed E-state index contributed by atoms with van der Waals surface area (Å²) in [5.41, 5.74) is -1.18. The van der Waals surface area contributed by atoms with Crippen LogP contribution >= 0.6 is 11.6 Å². The predicted octanol–water partition coefficient (Wildman–Crippen LogP) is 3.57. The van der Waals surface area contributed by atoms with Crippen LogP contribution in [0, 0.1) is 10.1 Å². The summed E-state index contributed by atoms with van der Waals surface area (Å²) >= 11 is 5.71. The normalized spacial score (nSPS) is 14.6. The van der Waals surface area contributed by atoms with Crippen molar-refractivity contribution in [1.82, 2.24) is 9.88 Å². The number of carbonyl (C=O) groups is 1. The molecule has 1 amide bonds. The number of rotatable bonds is 4. The number of carbonyl (C=O) groups excluding carboxylic acids is 1. The number of benzene rings is 1. The SMILES string of the molecule is O=C(c1ccc(Cl)c([N+](=O)[O-])c1)N1CC(Oc2cc(C(F)(F)F)ccn2)C1.